The van der Waals surface area contributed by atoms with Gasteiger partial charge in [0.15, 0.2) is 5.82 Å². The van der Waals surface area contributed by atoms with E-state index in [1.165, 1.54) is 48.8 Å². The van der Waals surface area contributed by atoms with Gasteiger partial charge in [-0.2, -0.15) is 0 Å². The highest BCUT2D eigenvalue weighted by molar-refractivity contribution is 6.38. The maximum absolute atomic E-state index is 6.49. The molecule has 0 atom stereocenters. The van der Waals surface area contributed by atoms with Gasteiger partial charge in [-0.3, -0.25) is 4.57 Å². The monoisotopic (exact) mass is 559 g/mol. The summed E-state index contributed by atoms with van der Waals surface area (Å²) in [5.74, 6) is 0.824. The van der Waals surface area contributed by atoms with Gasteiger partial charge >= 0.3 is 0 Å². The SMILES string of the molecule is c1ccc2c(-c3nc4ccccc4nc3-n3c4ccc5cccc6c5c4c4c5c(ccc43)oc3cccc-6c35)cccc2c1. The lowest BCUT2D eigenvalue weighted by Crippen LogP contribution is -2.04. The van der Waals surface area contributed by atoms with Crippen LogP contribution in [0.2, 0.25) is 0 Å². The van der Waals surface area contributed by atoms with E-state index in [2.05, 4.69) is 114 Å². The van der Waals surface area contributed by atoms with Crippen molar-refractivity contribution in [1.82, 2.24) is 14.5 Å². The molecule has 11 rings (SSSR count). The summed E-state index contributed by atoms with van der Waals surface area (Å²) in [5.41, 5.74) is 10.2. The van der Waals surface area contributed by atoms with Crippen LogP contribution in [0, 0.1) is 0 Å². The smallest absolute Gasteiger partial charge is 0.165 e. The molecule has 0 N–H and O–H groups in total. The predicted molar refractivity (Wildman–Crippen MR) is 181 cm³/mol. The van der Waals surface area contributed by atoms with E-state index >= 15 is 0 Å². The van der Waals surface area contributed by atoms with Gasteiger partial charge in [-0.05, 0) is 69.1 Å². The van der Waals surface area contributed by atoms with Crippen molar-refractivity contribution in [3.63, 3.8) is 0 Å². The van der Waals surface area contributed by atoms with Crippen LogP contribution in [0.3, 0.4) is 0 Å². The standard InChI is InChI=1S/C40H21N3O/c1-2-11-24-22(8-1)9-5-14-27(24)39-40(42-29-16-4-3-15-28(29)41-39)43-30-19-18-23-10-6-12-25-26-13-7-17-32-35(26)38-33(44-32)21-20-31(43)37(38)36(30)34(23)25/h1-21H. The number of hydrogen-bond donors (Lipinski definition) is 0. The maximum Gasteiger partial charge on any atom is 0.165 e. The molecule has 202 valence electrons. The van der Waals surface area contributed by atoms with Crippen molar-refractivity contribution < 1.29 is 4.42 Å². The van der Waals surface area contributed by atoms with Gasteiger partial charge in [0.05, 0.1) is 22.1 Å². The minimum Gasteiger partial charge on any atom is -0.456 e. The number of fused-ring (bicyclic) bond motifs is 3. The van der Waals surface area contributed by atoms with Gasteiger partial charge in [-0.1, -0.05) is 91.0 Å². The van der Waals surface area contributed by atoms with E-state index in [1.54, 1.807) is 0 Å². The number of para-hydroxylation sites is 2. The molecule has 0 bridgehead atoms. The van der Waals surface area contributed by atoms with Crippen molar-refractivity contribution in [1.29, 1.82) is 0 Å². The first kappa shape index (κ1) is 22.6. The topological polar surface area (TPSA) is 43.9 Å². The third-order valence-electron chi connectivity index (χ3n) is 9.50. The molecule has 3 heterocycles. The highest BCUT2D eigenvalue weighted by Gasteiger charge is 2.28. The first-order valence-electron chi connectivity index (χ1n) is 14.9. The molecule has 4 nitrogen and oxygen atoms in total. The van der Waals surface area contributed by atoms with Crippen LogP contribution in [0.1, 0.15) is 0 Å². The second-order valence-corrected chi connectivity index (χ2v) is 11.7. The lowest BCUT2D eigenvalue weighted by atomic mass is 9.95. The fourth-order valence-corrected chi connectivity index (χ4v) is 7.71. The lowest BCUT2D eigenvalue weighted by molar-refractivity contribution is 0.669. The van der Waals surface area contributed by atoms with Gasteiger partial charge < -0.3 is 4.42 Å². The van der Waals surface area contributed by atoms with Gasteiger partial charge in [0.25, 0.3) is 0 Å². The van der Waals surface area contributed by atoms with Gasteiger partial charge in [0.1, 0.15) is 16.9 Å². The minimum absolute atomic E-state index is 0.824. The van der Waals surface area contributed by atoms with Gasteiger partial charge in [-0.15, -0.1) is 0 Å². The molecule has 7 aromatic carbocycles. The number of aromatic nitrogens is 3. The summed E-state index contributed by atoms with van der Waals surface area (Å²) >= 11 is 0. The van der Waals surface area contributed by atoms with Crippen LogP contribution in [0.5, 0.6) is 0 Å². The van der Waals surface area contributed by atoms with Crippen molar-refractivity contribution in [3.05, 3.63) is 127 Å². The summed E-state index contributed by atoms with van der Waals surface area (Å²) in [6.45, 7) is 0. The van der Waals surface area contributed by atoms with Crippen LogP contribution in [0.15, 0.2) is 132 Å². The van der Waals surface area contributed by atoms with Crippen molar-refractivity contribution >= 4 is 76.3 Å². The molecule has 0 saturated heterocycles. The molecule has 0 radical (unpaired) electrons. The van der Waals surface area contributed by atoms with Crippen molar-refractivity contribution in [2.75, 3.05) is 0 Å². The Hall–Kier alpha value is -6.00. The summed E-state index contributed by atoms with van der Waals surface area (Å²) in [4.78, 5) is 10.7. The van der Waals surface area contributed by atoms with Crippen LogP contribution in [-0.4, -0.2) is 14.5 Å². The second-order valence-electron chi connectivity index (χ2n) is 11.7. The number of nitrogens with zero attached hydrogens (tertiary/aromatic N) is 3. The normalized spacial score (nSPS) is 12.5. The van der Waals surface area contributed by atoms with Gasteiger partial charge in [0, 0.05) is 27.1 Å². The molecule has 0 spiro atoms. The van der Waals surface area contributed by atoms with Crippen LogP contribution in [0.4, 0.5) is 0 Å². The molecule has 4 heteroatoms. The molecular weight excluding hydrogens is 538 g/mol. The number of benzene rings is 7. The highest BCUT2D eigenvalue weighted by Crippen LogP contribution is 2.51. The van der Waals surface area contributed by atoms with E-state index in [0.29, 0.717) is 0 Å². The van der Waals surface area contributed by atoms with E-state index in [0.717, 1.165) is 55.7 Å². The van der Waals surface area contributed by atoms with Crippen LogP contribution in [-0.2, 0) is 0 Å². The molecule has 0 fully saturated rings. The molecule has 44 heavy (non-hydrogen) atoms. The zero-order valence-corrected chi connectivity index (χ0v) is 23.4. The van der Waals surface area contributed by atoms with Crippen molar-refractivity contribution in [2.45, 2.75) is 0 Å². The Labute approximate surface area is 250 Å². The molecule has 10 aromatic rings. The molecule has 0 saturated carbocycles. The average molecular weight is 560 g/mol. The predicted octanol–water partition coefficient (Wildman–Crippen LogP) is 10.6. The number of hydrogen-bond acceptors (Lipinski definition) is 3. The third-order valence-corrected chi connectivity index (χ3v) is 9.50. The van der Waals surface area contributed by atoms with Crippen LogP contribution in [0.25, 0.3) is 105 Å². The summed E-state index contributed by atoms with van der Waals surface area (Å²) in [7, 11) is 0. The Kier molecular flexibility index (Phi) is 4.04. The molecule has 0 amide bonds. The van der Waals surface area contributed by atoms with E-state index in [1.807, 2.05) is 18.2 Å². The third kappa shape index (κ3) is 2.69. The van der Waals surface area contributed by atoms with E-state index < -0.39 is 0 Å². The van der Waals surface area contributed by atoms with Crippen LogP contribution >= 0.6 is 0 Å². The Morgan fingerprint density at radius 1 is 0.432 bits per heavy atom. The lowest BCUT2D eigenvalue weighted by Gasteiger charge is -2.15. The quantitative estimate of drug-likeness (QED) is 0.212. The second kappa shape index (κ2) is 7.88. The first-order valence-corrected chi connectivity index (χ1v) is 14.9. The average Bonchev–Trinajstić information content (AvgIpc) is 3.58. The fourth-order valence-electron chi connectivity index (χ4n) is 7.71. The number of rotatable bonds is 2. The van der Waals surface area contributed by atoms with E-state index in [4.69, 9.17) is 14.4 Å². The summed E-state index contributed by atoms with van der Waals surface area (Å²) in [6, 6.07) is 45.0. The summed E-state index contributed by atoms with van der Waals surface area (Å²) < 4.78 is 8.83. The molecular formula is C40H21N3O. The van der Waals surface area contributed by atoms with E-state index in [9.17, 15) is 0 Å². The summed E-state index contributed by atoms with van der Waals surface area (Å²) in [6.07, 6.45) is 0. The van der Waals surface area contributed by atoms with Crippen molar-refractivity contribution in [2.24, 2.45) is 0 Å². The molecule has 0 aliphatic heterocycles. The Morgan fingerprint density at radius 2 is 1.07 bits per heavy atom. The Bertz CT molecular complexity index is 2890. The highest BCUT2D eigenvalue weighted by atomic mass is 16.3. The molecule has 0 unspecified atom stereocenters. The Balaban J connectivity index is 1.40. The first-order chi connectivity index (χ1) is 21.8. The van der Waals surface area contributed by atoms with E-state index in [-0.39, 0.29) is 0 Å². The Morgan fingerprint density at radius 3 is 1.95 bits per heavy atom. The summed E-state index contributed by atoms with van der Waals surface area (Å²) in [5, 5.41) is 9.61. The largest absolute Gasteiger partial charge is 0.456 e. The number of furan rings is 1. The fraction of sp³-hybridized carbons (Fsp3) is 0. The maximum atomic E-state index is 6.49. The zero-order valence-electron chi connectivity index (χ0n) is 23.4. The molecule has 1 aliphatic rings. The molecule has 1 aliphatic carbocycles. The van der Waals surface area contributed by atoms with Gasteiger partial charge in [0.2, 0.25) is 0 Å². The molecule has 3 aromatic heterocycles. The minimum atomic E-state index is 0.824. The van der Waals surface area contributed by atoms with Crippen molar-refractivity contribution in [3.8, 4) is 28.2 Å². The van der Waals surface area contributed by atoms with Crippen LogP contribution < -0.4 is 0 Å². The zero-order chi connectivity index (χ0) is 28.5. The van der Waals surface area contributed by atoms with Gasteiger partial charge in [-0.25, -0.2) is 9.97 Å².